The van der Waals surface area contributed by atoms with Crippen molar-refractivity contribution in [2.24, 2.45) is 28.7 Å². The first-order valence-electron chi connectivity index (χ1n) is 15.7. The number of anilines is 1. The Kier molecular flexibility index (Phi) is 17.7. The van der Waals surface area contributed by atoms with Crippen molar-refractivity contribution in [1.82, 2.24) is 0 Å². The molecule has 1 N–H and O–H groups in total. The van der Waals surface area contributed by atoms with E-state index in [1.54, 1.807) is 0 Å². The smallest absolute Gasteiger partial charge is 0.347 e. The van der Waals surface area contributed by atoms with Crippen LogP contribution in [0.5, 0.6) is 0 Å². The van der Waals surface area contributed by atoms with Gasteiger partial charge >= 0.3 is 5.63 Å². The zero-order valence-corrected chi connectivity index (χ0v) is 29.5. The van der Waals surface area contributed by atoms with Crippen LogP contribution >= 0.6 is 0 Å². The van der Waals surface area contributed by atoms with Gasteiger partial charge in [0.15, 0.2) is 0 Å². The Labute approximate surface area is 268 Å². The molecule has 0 aliphatic carbocycles. The number of aliphatic imine (C=N–C) groups is 1. The van der Waals surface area contributed by atoms with E-state index >= 15 is 0 Å². The lowest BCUT2D eigenvalue weighted by Crippen LogP contribution is -2.36. The summed E-state index contributed by atoms with van der Waals surface area (Å²) < 4.78 is 5.60. The monoisotopic (exact) mass is 598 g/mol. The molecule has 3 unspecified atom stereocenters. The topological polar surface area (TPSA) is 54.6 Å². The lowest BCUT2D eigenvalue weighted by molar-refractivity contribution is 0.467. The molecule has 0 saturated carbocycles. The molecule has 240 valence electrons. The van der Waals surface area contributed by atoms with Crippen LogP contribution in [0, 0.1) is 43.4 Å². The fraction of sp³-hybridized carbons (Fsp3) is 0.450. The van der Waals surface area contributed by atoms with Gasteiger partial charge in [0.05, 0.1) is 11.4 Å². The summed E-state index contributed by atoms with van der Waals surface area (Å²) in [7, 11) is 0. The quantitative estimate of drug-likeness (QED) is 0.148. The van der Waals surface area contributed by atoms with Crippen LogP contribution < -0.4 is 21.6 Å². The zero-order chi connectivity index (χ0) is 34.3. The van der Waals surface area contributed by atoms with Crippen molar-refractivity contribution >= 4 is 23.7 Å². The highest BCUT2D eigenvalue weighted by atomic mass is 16.4. The maximum Gasteiger partial charge on any atom is 0.347 e. The van der Waals surface area contributed by atoms with Crippen LogP contribution in [0.1, 0.15) is 94.1 Å². The second kappa shape index (κ2) is 19.4. The summed E-state index contributed by atoms with van der Waals surface area (Å²) in [4.78, 5) is 18.5. The second-order valence-corrected chi connectivity index (χ2v) is 11.7. The molecule has 0 fully saturated rings. The summed E-state index contributed by atoms with van der Waals surface area (Å²) in [6.45, 7) is 39.2. The molecule has 1 aliphatic heterocycles. The lowest BCUT2D eigenvalue weighted by atomic mass is 9.81. The highest BCUT2D eigenvalue weighted by molar-refractivity contribution is 6.03. The first-order chi connectivity index (χ1) is 20.7. The molecule has 0 amide bonds. The maximum atomic E-state index is 13.4. The van der Waals surface area contributed by atoms with Gasteiger partial charge in [0.2, 0.25) is 0 Å². The van der Waals surface area contributed by atoms with Gasteiger partial charge in [-0.3, -0.25) is 4.99 Å². The van der Waals surface area contributed by atoms with Gasteiger partial charge in [-0.2, -0.15) is 0 Å². The minimum absolute atomic E-state index is 0.0991. The molecule has 1 aromatic heterocycles. The third-order valence-corrected chi connectivity index (χ3v) is 7.92. The van der Waals surface area contributed by atoms with Crippen LogP contribution in [0.4, 0.5) is 5.69 Å². The molecule has 0 aromatic carbocycles. The second-order valence-electron chi connectivity index (χ2n) is 11.7. The Balaban J connectivity index is 0.00000443. The van der Waals surface area contributed by atoms with Crippen molar-refractivity contribution in [3.63, 3.8) is 0 Å². The van der Waals surface area contributed by atoms with Crippen molar-refractivity contribution < 1.29 is 4.42 Å². The van der Waals surface area contributed by atoms with E-state index in [-0.39, 0.29) is 23.7 Å². The molecular weight excluding hydrogens is 540 g/mol. The SMILES string of the molecule is C#C.C=CC(/C(C)=C/CC(=C)C)C(C)/C(C)=C/C1=NC(=c2\c(NC(=C)C=C(C)C)c(C)c(=C)oc2=O)/C(CCC)[C@@H]1C.CC. The number of allylic oxidation sites excluding steroid dienone is 8. The van der Waals surface area contributed by atoms with Gasteiger partial charge in [-0.15, -0.1) is 19.4 Å². The standard InChI is InChI=1S/C36H50N2O2.C2H6.C2H2/c1-14-16-31-28(12)32(20-24(8)26(10)30(15-2)23(7)18-17-21(3)4)38-35(31)33-34(37-25(9)19-22(5)6)27(11)29(13)40-36(33)39;2*1-2/h15,18-20,26,28,30-31,37H,2-3,9,13-14,16-17H2,1,4-8,10-12H3;1-2H3;1-2H/b23-18+,24-20+,35-33+;;/t26?,28-,30?,31?;;/m0../s1. The summed E-state index contributed by atoms with van der Waals surface area (Å²) >= 11 is 0. The average Bonchev–Trinajstić information content (AvgIpc) is 3.26. The van der Waals surface area contributed by atoms with E-state index in [4.69, 9.17) is 9.41 Å². The van der Waals surface area contributed by atoms with Crippen LogP contribution in [-0.2, 0) is 0 Å². The van der Waals surface area contributed by atoms with Gasteiger partial charge in [0, 0.05) is 34.7 Å². The van der Waals surface area contributed by atoms with E-state index in [2.05, 4.69) is 91.2 Å². The molecule has 0 saturated heterocycles. The number of hydrogen-bond acceptors (Lipinski definition) is 4. The molecule has 0 bridgehead atoms. The van der Waals surface area contributed by atoms with Crippen molar-refractivity contribution in [2.75, 3.05) is 5.32 Å². The molecule has 1 aromatic rings. The molecule has 1 aliphatic rings. The maximum absolute atomic E-state index is 13.4. The van der Waals surface area contributed by atoms with Crippen LogP contribution in [0.2, 0.25) is 0 Å². The summed E-state index contributed by atoms with van der Waals surface area (Å²) in [6.07, 6.45) is 19.2. The fourth-order valence-electron chi connectivity index (χ4n) is 5.38. The Hall–Kier alpha value is -3.84. The molecule has 4 atom stereocenters. The number of hydrogen-bond donors (Lipinski definition) is 1. The highest BCUT2D eigenvalue weighted by Gasteiger charge is 2.33. The van der Waals surface area contributed by atoms with E-state index in [9.17, 15) is 4.79 Å². The zero-order valence-electron chi connectivity index (χ0n) is 29.5. The largest absolute Gasteiger partial charge is 0.423 e. The third kappa shape index (κ3) is 10.7. The first-order valence-corrected chi connectivity index (χ1v) is 15.7. The average molecular weight is 599 g/mol. The number of terminal acetylenes is 1. The van der Waals surface area contributed by atoms with Crippen LogP contribution in [0.3, 0.4) is 0 Å². The van der Waals surface area contributed by atoms with E-state index < -0.39 is 5.63 Å². The van der Waals surface area contributed by atoms with Crippen LogP contribution in [0.15, 0.2) is 86.2 Å². The fourth-order valence-corrected chi connectivity index (χ4v) is 5.38. The summed E-state index contributed by atoms with van der Waals surface area (Å²) in [6, 6.07) is 0. The van der Waals surface area contributed by atoms with Crippen LogP contribution in [-0.4, -0.2) is 5.71 Å². The van der Waals surface area contributed by atoms with Crippen molar-refractivity contribution in [2.45, 2.75) is 95.4 Å². The molecule has 44 heavy (non-hydrogen) atoms. The van der Waals surface area contributed by atoms with Crippen molar-refractivity contribution in [3.05, 3.63) is 98.6 Å². The summed E-state index contributed by atoms with van der Waals surface area (Å²) in [5.74, 6) is 0.734. The third-order valence-electron chi connectivity index (χ3n) is 7.92. The number of rotatable bonds is 12. The van der Waals surface area contributed by atoms with Gasteiger partial charge in [0.1, 0.15) is 10.6 Å². The Morgan fingerprint density at radius 3 is 2.20 bits per heavy atom. The Bertz CT molecular complexity index is 1490. The summed E-state index contributed by atoms with van der Waals surface area (Å²) in [5, 5.41) is 3.86. The minimum atomic E-state index is -0.421. The van der Waals surface area contributed by atoms with E-state index in [1.165, 1.54) is 11.1 Å². The molecule has 0 spiro atoms. The predicted octanol–water partition coefficient (Wildman–Crippen LogP) is 9.44. The van der Waals surface area contributed by atoms with Crippen molar-refractivity contribution in [3.8, 4) is 12.8 Å². The minimum Gasteiger partial charge on any atom is -0.423 e. The molecule has 0 radical (unpaired) electrons. The van der Waals surface area contributed by atoms with Gasteiger partial charge < -0.3 is 9.73 Å². The van der Waals surface area contributed by atoms with Gasteiger partial charge in [-0.1, -0.05) is 95.2 Å². The van der Waals surface area contributed by atoms with Gasteiger partial charge in [-0.05, 0) is 72.5 Å². The molecule has 4 nitrogen and oxygen atoms in total. The Morgan fingerprint density at radius 2 is 1.70 bits per heavy atom. The lowest BCUT2D eigenvalue weighted by Gasteiger charge is -2.23. The van der Waals surface area contributed by atoms with E-state index in [0.717, 1.165) is 47.4 Å². The Morgan fingerprint density at radius 1 is 1.11 bits per heavy atom. The number of nitrogens with zero attached hydrogens (tertiary/aromatic N) is 1. The van der Waals surface area contributed by atoms with Crippen LogP contribution in [0.25, 0.3) is 12.3 Å². The van der Waals surface area contributed by atoms with Gasteiger partial charge in [-0.25, -0.2) is 4.79 Å². The molecule has 2 heterocycles. The highest BCUT2D eigenvalue weighted by Crippen LogP contribution is 2.37. The van der Waals surface area contributed by atoms with Crippen molar-refractivity contribution in [1.29, 1.82) is 0 Å². The van der Waals surface area contributed by atoms with E-state index in [1.807, 2.05) is 53.7 Å². The predicted molar refractivity (Wildman–Crippen MR) is 196 cm³/mol. The molecule has 4 heteroatoms. The summed E-state index contributed by atoms with van der Waals surface area (Å²) in [5.41, 5.74) is 8.65. The number of nitrogens with one attached hydrogen (secondary N) is 1. The normalized spacial score (nSPS) is 18.8. The van der Waals surface area contributed by atoms with E-state index in [0.29, 0.717) is 22.0 Å². The molecular formula is C40H58N2O2. The first kappa shape index (κ1) is 40.2. The van der Waals surface area contributed by atoms with Gasteiger partial charge in [0.25, 0.3) is 0 Å². The molecule has 2 rings (SSSR count).